The Hall–Kier alpha value is -0.120. The number of hydrogen-bond acceptors (Lipinski definition) is 3. The number of hydrogen-bond donors (Lipinski definition) is 2. The van der Waals surface area contributed by atoms with Crippen LogP contribution in [0.3, 0.4) is 0 Å². The van der Waals surface area contributed by atoms with Gasteiger partial charge in [-0.1, -0.05) is 6.92 Å². The van der Waals surface area contributed by atoms with E-state index in [1.807, 2.05) is 0 Å². The molecule has 13 heavy (non-hydrogen) atoms. The molecule has 0 spiro atoms. The lowest BCUT2D eigenvalue weighted by Gasteiger charge is -2.27. The van der Waals surface area contributed by atoms with Gasteiger partial charge in [0.15, 0.2) is 0 Å². The fourth-order valence-electron chi connectivity index (χ4n) is 1.76. The summed E-state index contributed by atoms with van der Waals surface area (Å²) < 4.78 is 5.29. The van der Waals surface area contributed by atoms with Gasteiger partial charge in [0.1, 0.15) is 0 Å². The van der Waals surface area contributed by atoms with Crippen LogP contribution in [0.15, 0.2) is 0 Å². The number of aliphatic hydroxyl groups is 1. The van der Waals surface area contributed by atoms with Crippen LogP contribution in [0.1, 0.15) is 32.6 Å². The van der Waals surface area contributed by atoms with Crippen molar-refractivity contribution in [3.63, 3.8) is 0 Å². The van der Waals surface area contributed by atoms with E-state index in [-0.39, 0.29) is 6.61 Å². The van der Waals surface area contributed by atoms with Crippen molar-refractivity contribution in [1.29, 1.82) is 0 Å². The molecule has 1 aliphatic heterocycles. The summed E-state index contributed by atoms with van der Waals surface area (Å²) in [5.74, 6) is 0. The van der Waals surface area contributed by atoms with Gasteiger partial charge < -0.3 is 15.2 Å². The van der Waals surface area contributed by atoms with Gasteiger partial charge in [-0.05, 0) is 25.7 Å². The molecule has 0 aromatic heterocycles. The molecule has 0 amide bonds. The van der Waals surface area contributed by atoms with Crippen LogP contribution in [0.5, 0.6) is 0 Å². The number of ether oxygens (including phenoxy) is 1. The van der Waals surface area contributed by atoms with Gasteiger partial charge in [0.05, 0.1) is 0 Å². The first-order valence-electron chi connectivity index (χ1n) is 5.31. The lowest BCUT2D eigenvalue weighted by Crippen LogP contribution is -2.41. The molecule has 1 heterocycles. The highest BCUT2D eigenvalue weighted by Crippen LogP contribution is 2.09. The highest BCUT2D eigenvalue weighted by molar-refractivity contribution is 4.75. The molecule has 2 N–H and O–H groups in total. The van der Waals surface area contributed by atoms with Crippen molar-refractivity contribution in [2.24, 2.45) is 0 Å². The highest BCUT2D eigenvalue weighted by Gasteiger charge is 2.16. The minimum atomic E-state index is 0.286. The summed E-state index contributed by atoms with van der Waals surface area (Å²) in [4.78, 5) is 0. The van der Waals surface area contributed by atoms with E-state index < -0.39 is 0 Å². The Kier molecular flexibility index (Phi) is 5.35. The Bertz CT molecular complexity index is 121. The standard InChI is InChI=1S/C10H21NO2/c1-2-9(3-6-12)11-10-4-7-13-8-5-10/h9-12H,2-8H2,1H3. The second-order valence-electron chi connectivity index (χ2n) is 3.67. The fourth-order valence-corrected chi connectivity index (χ4v) is 1.76. The lowest BCUT2D eigenvalue weighted by atomic mass is 10.1. The minimum absolute atomic E-state index is 0.286. The Balaban J connectivity index is 2.18. The first-order valence-corrected chi connectivity index (χ1v) is 5.31. The highest BCUT2D eigenvalue weighted by atomic mass is 16.5. The molecule has 0 bridgehead atoms. The zero-order valence-electron chi connectivity index (χ0n) is 8.46. The summed E-state index contributed by atoms with van der Waals surface area (Å²) in [6, 6.07) is 1.08. The van der Waals surface area contributed by atoms with Gasteiger partial charge >= 0.3 is 0 Å². The Morgan fingerprint density at radius 2 is 2.15 bits per heavy atom. The molecular formula is C10H21NO2. The van der Waals surface area contributed by atoms with Gasteiger partial charge in [-0.3, -0.25) is 0 Å². The Labute approximate surface area is 80.5 Å². The molecular weight excluding hydrogens is 166 g/mol. The van der Waals surface area contributed by atoms with Crippen molar-refractivity contribution in [3.8, 4) is 0 Å². The SMILES string of the molecule is CCC(CCO)NC1CCOCC1. The molecule has 1 aliphatic rings. The van der Waals surface area contributed by atoms with Crippen LogP contribution in [-0.2, 0) is 4.74 Å². The second kappa shape index (κ2) is 6.35. The van der Waals surface area contributed by atoms with Crippen molar-refractivity contribution in [2.75, 3.05) is 19.8 Å². The maximum atomic E-state index is 8.83. The van der Waals surface area contributed by atoms with E-state index in [9.17, 15) is 0 Å². The number of nitrogens with one attached hydrogen (secondary N) is 1. The van der Waals surface area contributed by atoms with Gasteiger partial charge in [-0.25, -0.2) is 0 Å². The zero-order valence-corrected chi connectivity index (χ0v) is 8.46. The van der Waals surface area contributed by atoms with Crippen LogP contribution in [-0.4, -0.2) is 37.0 Å². The average Bonchev–Trinajstić information content (AvgIpc) is 2.19. The first kappa shape index (κ1) is 11.0. The van der Waals surface area contributed by atoms with E-state index in [1.54, 1.807) is 0 Å². The van der Waals surface area contributed by atoms with Crippen LogP contribution in [0.25, 0.3) is 0 Å². The number of aliphatic hydroxyl groups excluding tert-OH is 1. The number of rotatable bonds is 5. The quantitative estimate of drug-likeness (QED) is 0.672. The molecule has 3 heteroatoms. The minimum Gasteiger partial charge on any atom is -0.396 e. The van der Waals surface area contributed by atoms with E-state index in [4.69, 9.17) is 9.84 Å². The molecule has 0 aromatic carbocycles. The van der Waals surface area contributed by atoms with Crippen LogP contribution in [0.2, 0.25) is 0 Å². The van der Waals surface area contributed by atoms with Crippen molar-refractivity contribution in [3.05, 3.63) is 0 Å². The molecule has 0 saturated carbocycles. The molecule has 0 radical (unpaired) electrons. The summed E-state index contributed by atoms with van der Waals surface area (Å²) in [6.07, 6.45) is 4.19. The van der Waals surface area contributed by atoms with Crippen LogP contribution in [0.4, 0.5) is 0 Å². The zero-order chi connectivity index (χ0) is 9.52. The molecule has 1 fully saturated rings. The van der Waals surface area contributed by atoms with E-state index in [2.05, 4.69) is 12.2 Å². The van der Waals surface area contributed by atoms with Crippen molar-refractivity contribution < 1.29 is 9.84 Å². The molecule has 78 valence electrons. The van der Waals surface area contributed by atoms with Gasteiger partial charge in [0.25, 0.3) is 0 Å². The maximum Gasteiger partial charge on any atom is 0.0480 e. The molecule has 3 nitrogen and oxygen atoms in total. The third-order valence-corrected chi connectivity index (χ3v) is 2.66. The van der Waals surface area contributed by atoms with Crippen molar-refractivity contribution in [1.82, 2.24) is 5.32 Å². The summed E-state index contributed by atoms with van der Waals surface area (Å²) >= 11 is 0. The van der Waals surface area contributed by atoms with Crippen LogP contribution < -0.4 is 5.32 Å². The topological polar surface area (TPSA) is 41.5 Å². The largest absolute Gasteiger partial charge is 0.396 e. The van der Waals surface area contributed by atoms with E-state index in [0.29, 0.717) is 12.1 Å². The summed E-state index contributed by atoms with van der Waals surface area (Å²) in [6.45, 7) is 4.21. The maximum absolute atomic E-state index is 8.83. The Morgan fingerprint density at radius 3 is 2.69 bits per heavy atom. The predicted molar refractivity (Wildman–Crippen MR) is 52.8 cm³/mol. The molecule has 0 aliphatic carbocycles. The van der Waals surface area contributed by atoms with E-state index in [1.165, 1.54) is 0 Å². The van der Waals surface area contributed by atoms with Gasteiger partial charge in [-0.15, -0.1) is 0 Å². The molecule has 0 aromatic rings. The van der Waals surface area contributed by atoms with Crippen molar-refractivity contribution in [2.45, 2.75) is 44.7 Å². The van der Waals surface area contributed by atoms with E-state index >= 15 is 0 Å². The van der Waals surface area contributed by atoms with Gasteiger partial charge in [0, 0.05) is 31.9 Å². The average molecular weight is 187 g/mol. The first-order chi connectivity index (χ1) is 6.36. The molecule has 1 unspecified atom stereocenters. The summed E-state index contributed by atoms with van der Waals surface area (Å²) in [5, 5.41) is 12.4. The van der Waals surface area contributed by atoms with Gasteiger partial charge in [-0.2, -0.15) is 0 Å². The van der Waals surface area contributed by atoms with Gasteiger partial charge in [0.2, 0.25) is 0 Å². The molecule has 1 atom stereocenters. The molecule has 1 rings (SSSR count). The van der Waals surface area contributed by atoms with Crippen molar-refractivity contribution >= 4 is 0 Å². The third-order valence-electron chi connectivity index (χ3n) is 2.66. The van der Waals surface area contributed by atoms with Crippen LogP contribution >= 0.6 is 0 Å². The smallest absolute Gasteiger partial charge is 0.0480 e. The third kappa shape index (κ3) is 4.07. The monoisotopic (exact) mass is 187 g/mol. The summed E-state index contributed by atoms with van der Waals surface area (Å²) in [5.41, 5.74) is 0. The van der Waals surface area contributed by atoms with Crippen LogP contribution in [0, 0.1) is 0 Å². The normalized spacial score (nSPS) is 21.7. The predicted octanol–water partition coefficient (Wildman–Crippen LogP) is 0.916. The lowest BCUT2D eigenvalue weighted by molar-refractivity contribution is 0.0735. The summed E-state index contributed by atoms with van der Waals surface area (Å²) in [7, 11) is 0. The fraction of sp³-hybridized carbons (Fsp3) is 1.00. The Morgan fingerprint density at radius 1 is 1.46 bits per heavy atom. The molecule has 1 saturated heterocycles. The van der Waals surface area contributed by atoms with E-state index in [0.717, 1.165) is 38.9 Å². The second-order valence-corrected chi connectivity index (χ2v) is 3.67.